The fourth-order valence-corrected chi connectivity index (χ4v) is 2.52. The van der Waals surface area contributed by atoms with Gasteiger partial charge >= 0.3 is 5.97 Å². The fourth-order valence-electron chi connectivity index (χ4n) is 0.993. The molecular weight excluding hydrogens is 270 g/mol. The molecule has 0 unspecified atom stereocenters. The van der Waals surface area contributed by atoms with Crippen molar-refractivity contribution in [2.75, 3.05) is 5.73 Å². The number of nitrogens with two attached hydrogens (primary N) is 1. The summed E-state index contributed by atoms with van der Waals surface area (Å²) in [6.45, 7) is 1.19. The third-order valence-electron chi connectivity index (χ3n) is 1.84. The highest BCUT2D eigenvalue weighted by molar-refractivity contribution is 7.89. The summed E-state index contributed by atoms with van der Waals surface area (Å²) in [5.41, 5.74) is 5.39. The average Bonchev–Trinajstić information content (AvgIpc) is 2.20. The van der Waals surface area contributed by atoms with Crippen molar-refractivity contribution >= 4 is 33.4 Å². The van der Waals surface area contributed by atoms with Gasteiger partial charge in [-0.1, -0.05) is 11.6 Å². The lowest BCUT2D eigenvalue weighted by Gasteiger charge is -2.11. The number of carboxylic acids is 1. The number of aromatic nitrogens is 1. The smallest absolute Gasteiger partial charge is 0.321 e. The number of pyridine rings is 1. The molecule has 94 valence electrons. The van der Waals surface area contributed by atoms with Crippen molar-refractivity contribution in [2.24, 2.45) is 0 Å². The summed E-state index contributed by atoms with van der Waals surface area (Å²) >= 11 is 5.60. The van der Waals surface area contributed by atoms with Crippen molar-refractivity contribution in [2.45, 2.75) is 17.9 Å². The maximum Gasteiger partial charge on any atom is 0.321 e. The van der Waals surface area contributed by atoms with Crippen LogP contribution in [0.3, 0.4) is 0 Å². The minimum absolute atomic E-state index is 0.0857. The molecule has 0 aliphatic heterocycles. The van der Waals surface area contributed by atoms with Gasteiger partial charge in [0, 0.05) is 6.20 Å². The third-order valence-corrected chi connectivity index (χ3v) is 3.62. The second kappa shape index (κ2) is 4.86. The number of nitrogens with zero attached hydrogens (tertiary/aromatic N) is 1. The predicted molar refractivity (Wildman–Crippen MR) is 61.1 cm³/mol. The molecule has 0 aliphatic carbocycles. The van der Waals surface area contributed by atoms with Crippen molar-refractivity contribution in [3.8, 4) is 0 Å². The van der Waals surface area contributed by atoms with Gasteiger partial charge in [-0.05, 0) is 13.0 Å². The Bertz CT molecular complexity index is 546. The third kappa shape index (κ3) is 3.29. The summed E-state index contributed by atoms with van der Waals surface area (Å²) < 4.78 is 25.5. The molecule has 0 aliphatic rings. The quantitative estimate of drug-likeness (QED) is 0.717. The van der Waals surface area contributed by atoms with E-state index in [2.05, 4.69) is 4.98 Å². The number of rotatable bonds is 4. The Labute approximate surface area is 103 Å². The first-order valence-electron chi connectivity index (χ1n) is 4.40. The number of hydrogen-bond acceptors (Lipinski definition) is 5. The lowest BCUT2D eigenvalue weighted by molar-refractivity contribution is -0.138. The van der Waals surface area contributed by atoms with Gasteiger partial charge < -0.3 is 10.8 Å². The number of hydrogen-bond donors (Lipinski definition) is 3. The van der Waals surface area contributed by atoms with Crippen LogP contribution in [0.2, 0.25) is 5.02 Å². The number of nitrogens with one attached hydrogen (secondary N) is 1. The molecule has 0 amide bonds. The molecule has 1 heterocycles. The fraction of sp³-hybridized carbons (Fsp3) is 0.250. The van der Waals surface area contributed by atoms with E-state index in [0.717, 1.165) is 6.07 Å². The molecule has 0 saturated carbocycles. The maximum absolute atomic E-state index is 11.8. The van der Waals surface area contributed by atoms with Gasteiger partial charge in [-0.25, -0.2) is 13.4 Å². The van der Waals surface area contributed by atoms with Gasteiger partial charge in [0.1, 0.15) is 16.8 Å². The zero-order valence-corrected chi connectivity index (χ0v) is 10.3. The Hall–Kier alpha value is -1.38. The van der Waals surface area contributed by atoms with Gasteiger partial charge in [-0.2, -0.15) is 4.72 Å². The van der Waals surface area contributed by atoms with Crippen LogP contribution in [0.15, 0.2) is 17.2 Å². The molecule has 0 aromatic carbocycles. The normalized spacial score (nSPS) is 13.3. The zero-order valence-electron chi connectivity index (χ0n) is 8.71. The highest BCUT2D eigenvalue weighted by Gasteiger charge is 2.24. The second-order valence-corrected chi connectivity index (χ2v) is 5.34. The van der Waals surface area contributed by atoms with E-state index in [1.807, 2.05) is 4.72 Å². The van der Waals surface area contributed by atoms with Crippen molar-refractivity contribution in [3.05, 3.63) is 17.3 Å². The van der Waals surface area contributed by atoms with Crippen molar-refractivity contribution in [3.63, 3.8) is 0 Å². The average molecular weight is 280 g/mol. The molecule has 0 spiro atoms. The number of nitrogen functional groups attached to an aromatic ring is 1. The van der Waals surface area contributed by atoms with Gasteiger partial charge in [0.15, 0.2) is 0 Å². The van der Waals surface area contributed by atoms with Crippen LogP contribution in [0.25, 0.3) is 0 Å². The monoisotopic (exact) mass is 279 g/mol. The maximum atomic E-state index is 11.8. The highest BCUT2D eigenvalue weighted by atomic mass is 35.5. The van der Waals surface area contributed by atoms with Gasteiger partial charge in [0.05, 0.1) is 5.02 Å². The first-order valence-corrected chi connectivity index (χ1v) is 6.26. The standard InChI is InChI=1S/C8H10ClN3O4S/c1-4(8(13)14)12-17(15,16)6-2-5(9)3-11-7(6)10/h2-4,12H,1H3,(H2,10,11)(H,13,14)/t4-/m0/s1. The molecule has 0 saturated heterocycles. The van der Waals surface area contributed by atoms with Crippen LogP contribution in [0.4, 0.5) is 5.82 Å². The van der Waals surface area contributed by atoms with Crippen LogP contribution in [0.1, 0.15) is 6.92 Å². The van der Waals surface area contributed by atoms with Crippen LogP contribution < -0.4 is 10.5 Å². The Morgan fingerprint density at radius 3 is 2.76 bits per heavy atom. The van der Waals surface area contributed by atoms with Gasteiger partial charge in [0.2, 0.25) is 10.0 Å². The van der Waals surface area contributed by atoms with Crippen LogP contribution in [-0.2, 0) is 14.8 Å². The Morgan fingerprint density at radius 1 is 1.65 bits per heavy atom. The topological polar surface area (TPSA) is 122 Å². The lowest BCUT2D eigenvalue weighted by atomic mass is 10.4. The molecule has 1 aromatic heterocycles. The Kier molecular flexibility index (Phi) is 3.91. The molecule has 1 aromatic rings. The molecule has 1 atom stereocenters. The van der Waals surface area contributed by atoms with Crippen molar-refractivity contribution in [1.29, 1.82) is 0 Å². The number of sulfonamides is 1. The van der Waals surface area contributed by atoms with Crippen molar-refractivity contribution in [1.82, 2.24) is 9.71 Å². The summed E-state index contributed by atoms with van der Waals surface area (Å²) in [6.07, 6.45) is 1.19. The lowest BCUT2D eigenvalue weighted by Crippen LogP contribution is -2.38. The predicted octanol–water partition coefficient (Wildman–Crippen LogP) is 0.0686. The summed E-state index contributed by atoms with van der Waals surface area (Å²) in [6, 6.07) is -0.181. The molecule has 4 N–H and O–H groups in total. The van der Waals surface area contributed by atoms with E-state index in [0.29, 0.717) is 0 Å². The number of carbonyl (C=O) groups is 1. The number of aliphatic carboxylic acids is 1. The summed E-state index contributed by atoms with van der Waals surface area (Å²) in [4.78, 5) is 13.8. The number of anilines is 1. The molecule has 0 bridgehead atoms. The van der Waals surface area contributed by atoms with E-state index in [-0.39, 0.29) is 15.7 Å². The highest BCUT2D eigenvalue weighted by Crippen LogP contribution is 2.20. The molecule has 7 nitrogen and oxygen atoms in total. The Balaban J connectivity index is 3.13. The van der Waals surface area contributed by atoms with E-state index >= 15 is 0 Å². The second-order valence-electron chi connectivity index (χ2n) is 3.22. The minimum atomic E-state index is -4.06. The van der Waals surface area contributed by atoms with E-state index in [1.54, 1.807) is 0 Å². The molecule has 1 rings (SSSR count). The SMILES string of the molecule is C[C@H](NS(=O)(=O)c1cc(Cl)cnc1N)C(=O)O. The van der Waals surface area contributed by atoms with E-state index in [9.17, 15) is 13.2 Å². The largest absolute Gasteiger partial charge is 0.480 e. The first-order chi connectivity index (χ1) is 7.74. The van der Waals surface area contributed by atoms with Gasteiger partial charge in [-0.3, -0.25) is 4.79 Å². The van der Waals surface area contributed by atoms with Gasteiger partial charge in [0.25, 0.3) is 0 Å². The molecular formula is C8H10ClN3O4S. The van der Waals surface area contributed by atoms with Gasteiger partial charge in [-0.15, -0.1) is 0 Å². The molecule has 9 heteroatoms. The number of carboxylic acid groups (broad SMARTS) is 1. The van der Waals surface area contributed by atoms with Crippen molar-refractivity contribution < 1.29 is 18.3 Å². The molecule has 0 radical (unpaired) electrons. The number of halogens is 1. The summed E-state index contributed by atoms with van der Waals surface area (Å²) in [5.74, 6) is -1.55. The first kappa shape index (κ1) is 13.7. The van der Waals surface area contributed by atoms with Crippen LogP contribution in [0, 0.1) is 0 Å². The minimum Gasteiger partial charge on any atom is -0.480 e. The van der Waals surface area contributed by atoms with Crippen LogP contribution >= 0.6 is 11.6 Å². The summed E-state index contributed by atoms with van der Waals surface area (Å²) in [7, 11) is -4.06. The summed E-state index contributed by atoms with van der Waals surface area (Å²) in [5, 5.41) is 8.70. The van der Waals surface area contributed by atoms with E-state index < -0.39 is 22.0 Å². The Morgan fingerprint density at radius 2 is 2.24 bits per heavy atom. The van der Waals surface area contributed by atoms with Crippen LogP contribution in [0.5, 0.6) is 0 Å². The van der Waals surface area contributed by atoms with Crippen LogP contribution in [-0.4, -0.2) is 30.5 Å². The zero-order chi connectivity index (χ0) is 13.2. The van der Waals surface area contributed by atoms with E-state index in [4.69, 9.17) is 22.4 Å². The molecule has 17 heavy (non-hydrogen) atoms. The van der Waals surface area contributed by atoms with E-state index in [1.165, 1.54) is 13.1 Å². The molecule has 0 fully saturated rings.